The highest BCUT2D eigenvalue weighted by Crippen LogP contribution is 2.37. The SMILES string of the molecule is Oc1ccc2oc(C=Cc3nnc(C(Cl)(Cl)Cl)o3)cc2c1. The molecule has 0 aliphatic heterocycles. The van der Waals surface area contributed by atoms with Crippen molar-refractivity contribution in [2.45, 2.75) is 3.79 Å². The molecule has 21 heavy (non-hydrogen) atoms. The molecule has 8 heteroatoms. The second-order valence-electron chi connectivity index (χ2n) is 4.15. The van der Waals surface area contributed by atoms with Crippen molar-refractivity contribution in [2.24, 2.45) is 0 Å². The Morgan fingerprint density at radius 2 is 1.86 bits per heavy atom. The third-order valence-electron chi connectivity index (χ3n) is 2.59. The van der Waals surface area contributed by atoms with Gasteiger partial charge in [-0.1, -0.05) is 34.8 Å². The maximum absolute atomic E-state index is 9.40. The van der Waals surface area contributed by atoms with E-state index in [1.165, 1.54) is 6.08 Å². The molecule has 0 aliphatic carbocycles. The van der Waals surface area contributed by atoms with Crippen LogP contribution in [-0.4, -0.2) is 15.3 Å². The molecule has 3 aromatic rings. The Balaban J connectivity index is 1.85. The number of hydrogen-bond donors (Lipinski definition) is 1. The van der Waals surface area contributed by atoms with Crippen molar-refractivity contribution in [3.63, 3.8) is 0 Å². The number of fused-ring (bicyclic) bond motifs is 1. The molecule has 2 aromatic heterocycles. The van der Waals surface area contributed by atoms with Gasteiger partial charge in [-0.15, -0.1) is 10.2 Å². The summed E-state index contributed by atoms with van der Waals surface area (Å²) in [7, 11) is 0. The number of phenolic OH excluding ortho intramolecular Hbond substituents is 1. The highest BCUT2D eigenvalue weighted by Gasteiger charge is 2.29. The third kappa shape index (κ3) is 3.15. The first-order valence-corrected chi connectivity index (χ1v) is 6.86. The summed E-state index contributed by atoms with van der Waals surface area (Å²) in [6, 6.07) is 6.59. The Kier molecular flexibility index (Phi) is 3.57. The summed E-state index contributed by atoms with van der Waals surface area (Å²) in [5, 5.41) is 17.5. The van der Waals surface area contributed by atoms with Crippen molar-refractivity contribution in [1.82, 2.24) is 10.2 Å². The summed E-state index contributed by atoms with van der Waals surface area (Å²) >= 11 is 16.9. The number of alkyl halides is 3. The zero-order valence-electron chi connectivity index (χ0n) is 10.3. The molecule has 2 heterocycles. The van der Waals surface area contributed by atoms with Crippen molar-refractivity contribution in [3.8, 4) is 5.75 Å². The molecule has 3 rings (SSSR count). The van der Waals surface area contributed by atoms with Crippen LogP contribution >= 0.6 is 34.8 Å². The van der Waals surface area contributed by atoms with Gasteiger partial charge in [-0.2, -0.15) is 0 Å². The summed E-state index contributed by atoms with van der Waals surface area (Å²) in [5.74, 6) is 0.800. The van der Waals surface area contributed by atoms with Gasteiger partial charge in [0.2, 0.25) is 5.89 Å². The Labute approximate surface area is 133 Å². The van der Waals surface area contributed by atoms with Gasteiger partial charge in [0.1, 0.15) is 17.1 Å². The molecule has 0 bridgehead atoms. The minimum absolute atomic E-state index is 0.110. The fourth-order valence-electron chi connectivity index (χ4n) is 1.70. The van der Waals surface area contributed by atoms with Gasteiger partial charge >= 0.3 is 0 Å². The Morgan fingerprint density at radius 3 is 2.57 bits per heavy atom. The van der Waals surface area contributed by atoms with E-state index < -0.39 is 3.79 Å². The fourth-order valence-corrected chi connectivity index (χ4v) is 1.93. The van der Waals surface area contributed by atoms with Gasteiger partial charge in [-0.05, 0) is 30.3 Å². The lowest BCUT2D eigenvalue weighted by Gasteiger charge is -2.01. The summed E-state index contributed by atoms with van der Waals surface area (Å²) in [6.45, 7) is 0. The predicted octanol–water partition coefficient (Wildman–Crippen LogP) is 4.52. The second-order valence-corrected chi connectivity index (χ2v) is 6.43. The van der Waals surface area contributed by atoms with E-state index in [0.29, 0.717) is 11.3 Å². The zero-order valence-corrected chi connectivity index (χ0v) is 12.5. The molecule has 0 atom stereocenters. The molecule has 0 unspecified atom stereocenters. The molecule has 0 amide bonds. The minimum Gasteiger partial charge on any atom is -0.508 e. The third-order valence-corrected chi connectivity index (χ3v) is 3.08. The maximum atomic E-state index is 9.40. The van der Waals surface area contributed by atoms with E-state index in [9.17, 15) is 5.11 Å². The van der Waals surface area contributed by atoms with E-state index in [1.807, 2.05) is 0 Å². The van der Waals surface area contributed by atoms with Crippen LogP contribution in [0.5, 0.6) is 5.75 Å². The molecular weight excluding hydrogens is 339 g/mol. The molecule has 0 radical (unpaired) electrons. The highest BCUT2D eigenvalue weighted by molar-refractivity contribution is 6.66. The fraction of sp³-hybridized carbons (Fsp3) is 0.0769. The number of benzene rings is 1. The number of aromatic hydroxyl groups is 1. The first kappa shape index (κ1) is 14.3. The van der Waals surface area contributed by atoms with Crippen LogP contribution in [0.3, 0.4) is 0 Å². The highest BCUT2D eigenvalue weighted by atomic mass is 35.6. The van der Waals surface area contributed by atoms with E-state index in [2.05, 4.69) is 10.2 Å². The van der Waals surface area contributed by atoms with Crippen molar-refractivity contribution < 1.29 is 13.9 Å². The van der Waals surface area contributed by atoms with E-state index in [0.717, 1.165) is 5.39 Å². The van der Waals surface area contributed by atoms with Gasteiger partial charge in [0.15, 0.2) is 0 Å². The quantitative estimate of drug-likeness (QED) is 0.691. The van der Waals surface area contributed by atoms with Gasteiger partial charge in [0, 0.05) is 11.5 Å². The standard InChI is InChI=1S/C13H7Cl3N2O3/c14-13(15,16)12-18-17-11(21-12)4-2-9-6-7-5-8(19)1-3-10(7)20-9/h1-6,19H. The van der Waals surface area contributed by atoms with Crippen LogP contribution in [0, 0.1) is 0 Å². The van der Waals surface area contributed by atoms with Gasteiger partial charge in [0.25, 0.3) is 9.68 Å². The summed E-state index contributed by atoms with van der Waals surface area (Å²) in [5.41, 5.74) is 0.653. The van der Waals surface area contributed by atoms with E-state index in [4.69, 9.17) is 43.6 Å². The number of rotatable bonds is 2. The normalized spacial score (nSPS) is 12.5. The number of aromatic nitrogens is 2. The van der Waals surface area contributed by atoms with Crippen LogP contribution in [0.1, 0.15) is 17.5 Å². The lowest BCUT2D eigenvalue weighted by molar-refractivity contribution is 0.476. The molecule has 0 fully saturated rings. The molecule has 108 valence electrons. The predicted molar refractivity (Wildman–Crippen MR) is 80.3 cm³/mol. The summed E-state index contributed by atoms with van der Waals surface area (Å²) < 4.78 is 8.98. The van der Waals surface area contributed by atoms with Crippen molar-refractivity contribution in [3.05, 3.63) is 41.8 Å². The number of nitrogens with zero attached hydrogens (tertiary/aromatic N) is 2. The average molecular weight is 346 g/mol. The van der Waals surface area contributed by atoms with Gasteiger partial charge in [-0.3, -0.25) is 0 Å². The lowest BCUT2D eigenvalue weighted by atomic mass is 10.2. The maximum Gasteiger partial charge on any atom is 0.268 e. The Hall–Kier alpha value is -1.69. The van der Waals surface area contributed by atoms with Crippen LogP contribution in [0.4, 0.5) is 0 Å². The molecule has 1 N–H and O–H groups in total. The Morgan fingerprint density at radius 1 is 1.05 bits per heavy atom. The van der Waals surface area contributed by atoms with Gasteiger partial charge in [0.05, 0.1) is 0 Å². The van der Waals surface area contributed by atoms with Crippen molar-refractivity contribution in [1.29, 1.82) is 0 Å². The largest absolute Gasteiger partial charge is 0.508 e. The van der Waals surface area contributed by atoms with Gasteiger partial charge in [-0.25, -0.2) is 0 Å². The molecule has 1 aromatic carbocycles. The van der Waals surface area contributed by atoms with Crippen molar-refractivity contribution in [2.75, 3.05) is 0 Å². The molecule has 0 aliphatic rings. The molecule has 0 spiro atoms. The summed E-state index contributed by atoms with van der Waals surface area (Å²) in [4.78, 5) is 0. The van der Waals surface area contributed by atoms with E-state index in [-0.39, 0.29) is 17.5 Å². The van der Waals surface area contributed by atoms with Crippen LogP contribution in [-0.2, 0) is 3.79 Å². The smallest absolute Gasteiger partial charge is 0.268 e. The van der Waals surface area contributed by atoms with Crippen molar-refractivity contribution >= 4 is 57.9 Å². The molecule has 5 nitrogen and oxygen atoms in total. The van der Waals surface area contributed by atoms with Crippen LogP contribution in [0.25, 0.3) is 23.1 Å². The Bertz CT molecular complexity index is 818. The zero-order chi connectivity index (χ0) is 15.0. The monoisotopic (exact) mass is 344 g/mol. The lowest BCUT2D eigenvalue weighted by Crippen LogP contribution is -1.99. The van der Waals surface area contributed by atoms with Crippen LogP contribution < -0.4 is 0 Å². The van der Waals surface area contributed by atoms with Crippen LogP contribution in [0.15, 0.2) is 33.1 Å². The number of furan rings is 1. The minimum atomic E-state index is -1.75. The first-order chi connectivity index (χ1) is 9.91. The number of hydrogen-bond acceptors (Lipinski definition) is 5. The molecular formula is C13H7Cl3N2O3. The first-order valence-electron chi connectivity index (χ1n) is 5.73. The average Bonchev–Trinajstić information content (AvgIpc) is 3.01. The van der Waals surface area contributed by atoms with Gasteiger partial charge < -0.3 is 13.9 Å². The van der Waals surface area contributed by atoms with Crippen LogP contribution in [0.2, 0.25) is 0 Å². The molecule has 0 saturated carbocycles. The topological polar surface area (TPSA) is 72.3 Å². The summed E-state index contributed by atoms with van der Waals surface area (Å²) in [6.07, 6.45) is 3.16. The van der Waals surface area contributed by atoms with E-state index in [1.54, 1.807) is 30.3 Å². The second kappa shape index (κ2) is 5.26. The van der Waals surface area contributed by atoms with E-state index >= 15 is 0 Å². The number of halogens is 3. The molecule has 0 saturated heterocycles. The number of phenols is 1.